The third-order valence-electron chi connectivity index (χ3n) is 2.81. The molecule has 3 heteroatoms. The third-order valence-corrected chi connectivity index (χ3v) is 3.75. The van der Waals surface area contributed by atoms with Gasteiger partial charge in [0.2, 0.25) is 0 Å². The standard InChI is InChI=1S/C15H14N2S/c1-10-4-3-5-12(8-10)16-15-17-13-7-6-11(2)9-14(13)18-15/h3-9H,1-2H3,(H,16,17). The smallest absolute Gasteiger partial charge is 0.188 e. The van der Waals surface area contributed by atoms with Gasteiger partial charge in [-0.1, -0.05) is 29.5 Å². The Hall–Kier alpha value is -1.87. The average molecular weight is 254 g/mol. The number of anilines is 2. The zero-order valence-corrected chi connectivity index (χ0v) is 11.2. The van der Waals surface area contributed by atoms with Crippen molar-refractivity contribution in [1.82, 2.24) is 4.98 Å². The van der Waals surface area contributed by atoms with E-state index in [1.165, 1.54) is 15.8 Å². The Morgan fingerprint density at radius 3 is 2.67 bits per heavy atom. The van der Waals surface area contributed by atoms with Gasteiger partial charge in [0.05, 0.1) is 10.2 Å². The summed E-state index contributed by atoms with van der Waals surface area (Å²) in [4.78, 5) is 4.59. The van der Waals surface area contributed by atoms with Crippen molar-refractivity contribution in [2.24, 2.45) is 0 Å². The van der Waals surface area contributed by atoms with E-state index in [1.807, 2.05) is 0 Å². The number of aryl methyl sites for hydroxylation is 2. The average Bonchev–Trinajstić information content (AvgIpc) is 2.70. The highest BCUT2D eigenvalue weighted by Crippen LogP contribution is 2.29. The van der Waals surface area contributed by atoms with Gasteiger partial charge in [0, 0.05) is 5.69 Å². The van der Waals surface area contributed by atoms with Crippen molar-refractivity contribution >= 4 is 32.4 Å². The molecule has 3 rings (SSSR count). The van der Waals surface area contributed by atoms with Crippen LogP contribution in [0.1, 0.15) is 11.1 Å². The molecule has 0 saturated heterocycles. The minimum Gasteiger partial charge on any atom is -0.332 e. The van der Waals surface area contributed by atoms with Crippen LogP contribution in [0.2, 0.25) is 0 Å². The Balaban J connectivity index is 1.95. The first-order chi connectivity index (χ1) is 8.70. The molecule has 0 radical (unpaired) electrons. The van der Waals surface area contributed by atoms with Crippen molar-refractivity contribution in [2.45, 2.75) is 13.8 Å². The van der Waals surface area contributed by atoms with E-state index in [0.29, 0.717) is 0 Å². The molecule has 0 spiro atoms. The Kier molecular flexibility index (Phi) is 2.76. The van der Waals surface area contributed by atoms with Gasteiger partial charge in [0.15, 0.2) is 5.13 Å². The lowest BCUT2D eigenvalue weighted by Gasteiger charge is -2.02. The number of nitrogens with zero attached hydrogens (tertiary/aromatic N) is 1. The van der Waals surface area contributed by atoms with E-state index in [9.17, 15) is 0 Å². The van der Waals surface area contributed by atoms with Crippen LogP contribution in [0.4, 0.5) is 10.8 Å². The Labute approximate surface area is 110 Å². The maximum atomic E-state index is 4.59. The number of aromatic nitrogens is 1. The second kappa shape index (κ2) is 4.42. The molecule has 0 aliphatic carbocycles. The van der Waals surface area contributed by atoms with Gasteiger partial charge in [-0.25, -0.2) is 4.98 Å². The van der Waals surface area contributed by atoms with E-state index in [2.05, 4.69) is 66.6 Å². The lowest BCUT2D eigenvalue weighted by Crippen LogP contribution is -1.88. The van der Waals surface area contributed by atoms with Gasteiger partial charge in [-0.2, -0.15) is 0 Å². The monoisotopic (exact) mass is 254 g/mol. The molecule has 1 N–H and O–H groups in total. The zero-order valence-electron chi connectivity index (χ0n) is 10.4. The molecule has 90 valence electrons. The molecule has 1 heterocycles. The first kappa shape index (κ1) is 11.2. The minimum absolute atomic E-state index is 0.946. The highest BCUT2D eigenvalue weighted by Gasteiger charge is 2.04. The van der Waals surface area contributed by atoms with Crippen LogP contribution < -0.4 is 5.32 Å². The predicted octanol–water partition coefficient (Wildman–Crippen LogP) is 4.66. The van der Waals surface area contributed by atoms with Gasteiger partial charge in [0.25, 0.3) is 0 Å². The lowest BCUT2D eigenvalue weighted by molar-refractivity contribution is 1.41. The van der Waals surface area contributed by atoms with E-state index in [0.717, 1.165) is 16.3 Å². The highest BCUT2D eigenvalue weighted by atomic mass is 32.1. The Morgan fingerprint density at radius 2 is 1.83 bits per heavy atom. The van der Waals surface area contributed by atoms with E-state index in [1.54, 1.807) is 11.3 Å². The van der Waals surface area contributed by atoms with Crippen molar-refractivity contribution in [3.63, 3.8) is 0 Å². The SMILES string of the molecule is Cc1cccc(Nc2nc3ccc(C)cc3s2)c1. The second-order valence-electron chi connectivity index (χ2n) is 4.48. The van der Waals surface area contributed by atoms with Crippen molar-refractivity contribution in [3.8, 4) is 0 Å². The largest absolute Gasteiger partial charge is 0.332 e. The van der Waals surface area contributed by atoms with Gasteiger partial charge in [-0.05, 0) is 49.2 Å². The summed E-state index contributed by atoms with van der Waals surface area (Å²) in [6.45, 7) is 4.19. The molecule has 1 aromatic heterocycles. The van der Waals surface area contributed by atoms with Gasteiger partial charge >= 0.3 is 0 Å². The summed E-state index contributed by atoms with van der Waals surface area (Å²) in [6.07, 6.45) is 0. The number of hydrogen-bond donors (Lipinski definition) is 1. The van der Waals surface area contributed by atoms with E-state index in [4.69, 9.17) is 0 Å². The summed E-state index contributed by atoms with van der Waals surface area (Å²) >= 11 is 1.69. The molecule has 2 aromatic carbocycles. The first-order valence-electron chi connectivity index (χ1n) is 5.91. The third kappa shape index (κ3) is 2.22. The molecule has 18 heavy (non-hydrogen) atoms. The van der Waals surface area contributed by atoms with Crippen LogP contribution in [0.3, 0.4) is 0 Å². The van der Waals surface area contributed by atoms with Crippen LogP contribution >= 0.6 is 11.3 Å². The zero-order chi connectivity index (χ0) is 12.5. The summed E-state index contributed by atoms with van der Waals surface area (Å²) in [5.74, 6) is 0. The number of nitrogens with one attached hydrogen (secondary N) is 1. The number of thiazole rings is 1. The van der Waals surface area contributed by atoms with Crippen LogP contribution in [0.5, 0.6) is 0 Å². The molecule has 0 unspecified atom stereocenters. The topological polar surface area (TPSA) is 24.9 Å². The molecular weight excluding hydrogens is 240 g/mol. The van der Waals surface area contributed by atoms with Crippen LogP contribution in [0.25, 0.3) is 10.2 Å². The second-order valence-corrected chi connectivity index (χ2v) is 5.52. The lowest BCUT2D eigenvalue weighted by atomic mass is 10.2. The van der Waals surface area contributed by atoms with Crippen molar-refractivity contribution < 1.29 is 0 Å². The molecule has 2 nitrogen and oxygen atoms in total. The van der Waals surface area contributed by atoms with E-state index >= 15 is 0 Å². The Bertz CT molecular complexity index is 701. The predicted molar refractivity (Wildman–Crippen MR) is 78.8 cm³/mol. The van der Waals surface area contributed by atoms with Crippen molar-refractivity contribution in [3.05, 3.63) is 53.6 Å². The number of hydrogen-bond acceptors (Lipinski definition) is 3. The normalized spacial score (nSPS) is 10.8. The summed E-state index contributed by atoms with van der Waals surface area (Å²) in [5.41, 5.74) is 4.66. The highest BCUT2D eigenvalue weighted by molar-refractivity contribution is 7.22. The van der Waals surface area contributed by atoms with Gasteiger partial charge in [-0.15, -0.1) is 0 Å². The molecule has 0 fully saturated rings. The molecule has 0 aliphatic rings. The molecule has 0 atom stereocenters. The van der Waals surface area contributed by atoms with Crippen LogP contribution in [0.15, 0.2) is 42.5 Å². The number of fused-ring (bicyclic) bond motifs is 1. The fourth-order valence-electron chi connectivity index (χ4n) is 1.93. The molecule has 0 aliphatic heterocycles. The summed E-state index contributed by atoms with van der Waals surface area (Å²) in [5, 5.41) is 4.31. The first-order valence-corrected chi connectivity index (χ1v) is 6.73. The summed E-state index contributed by atoms with van der Waals surface area (Å²) in [7, 11) is 0. The molecular formula is C15H14N2S. The molecule has 0 bridgehead atoms. The van der Waals surface area contributed by atoms with Crippen molar-refractivity contribution in [1.29, 1.82) is 0 Å². The number of rotatable bonds is 2. The van der Waals surface area contributed by atoms with Crippen LogP contribution in [-0.2, 0) is 0 Å². The fraction of sp³-hybridized carbons (Fsp3) is 0.133. The van der Waals surface area contributed by atoms with Crippen LogP contribution in [-0.4, -0.2) is 4.98 Å². The Morgan fingerprint density at radius 1 is 1.00 bits per heavy atom. The maximum Gasteiger partial charge on any atom is 0.188 e. The minimum atomic E-state index is 0.946. The maximum absolute atomic E-state index is 4.59. The van der Waals surface area contributed by atoms with Gasteiger partial charge < -0.3 is 5.32 Å². The molecule has 0 amide bonds. The van der Waals surface area contributed by atoms with Crippen LogP contribution in [0, 0.1) is 13.8 Å². The van der Waals surface area contributed by atoms with Gasteiger partial charge in [-0.3, -0.25) is 0 Å². The number of benzene rings is 2. The molecule has 3 aromatic rings. The quantitative estimate of drug-likeness (QED) is 0.719. The van der Waals surface area contributed by atoms with Gasteiger partial charge in [0.1, 0.15) is 0 Å². The van der Waals surface area contributed by atoms with E-state index < -0.39 is 0 Å². The van der Waals surface area contributed by atoms with E-state index in [-0.39, 0.29) is 0 Å². The van der Waals surface area contributed by atoms with Crippen molar-refractivity contribution in [2.75, 3.05) is 5.32 Å². The molecule has 0 saturated carbocycles. The summed E-state index contributed by atoms with van der Waals surface area (Å²) in [6, 6.07) is 14.7. The summed E-state index contributed by atoms with van der Waals surface area (Å²) < 4.78 is 1.23. The fourth-order valence-corrected chi connectivity index (χ4v) is 2.92.